The molecule has 1 fully saturated rings. The summed E-state index contributed by atoms with van der Waals surface area (Å²) in [4.78, 5) is 2.50. The molecular formula is C9H20N2. The minimum Gasteiger partial charge on any atom is -0.327 e. The molecule has 1 rings (SSSR count). The van der Waals surface area contributed by atoms with E-state index >= 15 is 0 Å². The highest BCUT2D eigenvalue weighted by atomic mass is 15.1. The molecule has 1 saturated heterocycles. The molecule has 2 unspecified atom stereocenters. The van der Waals surface area contributed by atoms with Crippen molar-refractivity contribution in [3.05, 3.63) is 0 Å². The Hall–Kier alpha value is -0.0800. The molecule has 0 spiro atoms. The van der Waals surface area contributed by atoms with Crippen LogP contribution < -0.4 is 5.73 Å². The van der Waals surface area contributed by atoms with E-state index in [0.29, 0.717) is 6.04 Å². The second kappa shape index (κ2) is 4.07. The molecule has 0 saturated carbocycles. The van der Waals surface area contributed by atoms with E-state index in [9.17, 15) is 0 Å². The maximum atomic E-state index is 5.98. The first-order chi connectivity index (χ1) is 5.27. The number of hydrogen-bond acceptors (Lipinski definition) is 2. The van der Waals surface area contributed by atoms with Crippen LogP contribution >= 0.6 is 0 Å². The minimum atomic E-state index is 0.461. The fourth-order valence-corrected chi connectivity index (χ4v) is 1.84. The summed E-state index contributed by atoms with van der Waals surface area (Å²) in [5, 5.41) is 0. The van der Waals surface area contributed by atoms with E-state index in [0.717, 1.165) is 5.92 Å². The van der Waals surface area contributed by atoms with Gasteiger partial charge in [0.25, 0.3) is 0 Å². The SMILES string of the molecule is CCC1CN(CC)CCC1N. The lowest BCUT2D eigenvalue weighted by Crippen LogP contribution is -2.46. The van der Waals surface area contributed by atoms with Gasteiger partial charge in [0.05, 0.1) is 0 Å². The van der Waals surface area contributed by atoms with Crippen LogP contribution in [0, 0.1) is 5.92 Å². The van der Waals surface area contributed by atoms with E-state index in [1.54, 1.807) is 0 Å². The minimum absolute atomic E-state index is 0.461. The molecule has 0 aromatic rings. The molecule has 66 valence electrons. The second-order valence-corrected chi connectivity index (χ2v) is 3.51. The smallest absolute Gasteiger partial charge is 0.00914 e. The Morgan fingerprint density at radius 2 is 2.18 bits per heavy atom. The van der Waals surface area contributed by atoms with Crippen molar-refractivity contribution in [1.82, 2.24) is 4.90 Å². The Kier molecular flexibility index (Phi) is 3.34. The fraction of sp³-hybridized carbons (Fsp3) is 1.00. The Bertz CT molecular complexity index is 114. The van der Waals surface area contributed by atoms with Gasteiger partial charge in [-0.25, -0.2) is 0 Å². The predicted octanol–water partition coefficient (Wildman–Crippen LogP) is 1.07. The van der Waals surface area contributed by atoms with Crippen molar-refractivity contribution in [3.8, 4) is 0 Å². The highest BCUT2D eigenvalue weighted by Crippen LogP contribution is 2.17. The summed E-state index contributed by atoms with van der Waals surface area (Å²) in [6.45, 7) is 8.07. The lowest BCUT2D eigenvalue weighted by Gasteiger charge is -2.35. The Labute approximate surface area is 69.8 Å². The molecule has 2 nitrogen and oxygen atoms in total. The summed E-state index contributed by atoms with van der Waals surface area (Å²) < 4.78 is 0. The van der Waals surface area contributed by atoms with Crippen LogP contribution in [-0.2, 0) is 0 Å². The third kappa shape index (κ3) is 2.17. The van der Waals surface area contributed by atoms with Gasteiger partial charge in [-0.2, -0.15) is 0 Å². The molecule has 1 heterocycles. The molecule has 1 aliphatic heterocycles. The average Bonchev–Trinajstić information content (AvgIpc) is 2.05. The first-order valence-electron chi connectivity index (χ1n) is 4.75. The number of nitrogens with zero attached hydrogens (tertiary/aromatic N) is 1. The van der Waals surface area contributed by atoms with Gasteiger partial charge in [0.15, 0.2) is 0 Å². The van der Waals surface area contributed by atoms with Crippen molar-refractivity contribution >= 4 is 0 Å². The van der Waals surface area contributed by atoms with Crippen LogP contribution in [0.4, 0.5) is 0 Å². The van der Waals surface area contributed by atoms with E-state index in [1.807, 2.05) is 0 Å². The summed E-state index contributed by atoms with van der Waals surface area (Å²) >= 11 is 0. The van der Waals surface area contributed by atoms with Gasteiger partial charge in [-0.05, 0) is 25.4 Å². The normalized spacial score (nSPS) is 34.1. The third-order valence-corrected chi connectivity index (χ3v) is 2.85. The van der Waals surface area contributed by atoms with Gasteiger partial charge in [-0.3, -0.25) is 0 Å². The maximum absolute atomic E-state index is 5.98. The molecule has 0 aromatic heterocycles. The van der Waals surface area contributed by atoms with Crippen molar-refractivity contribution < 1.29 is 0 Å². The zero-order chi connectivity index (χ0) is 8.27. The molecule has 0 amide bonds. The van der Waals surface area contributed by atoms with Crippen LogP contribution in [0.15, 0.2) is 0 Å². The van der Waals surface area contributed by atoms with Gasteiger partial charge >= 0.3 is 0 Å². The lowest BCUT2D eigenvalue weighted by atomic mass is 9.91. The largest absolute Gasteiger partial charge is 0.327 e. The van der Waals surface area contributed by atoms with Crippen LogP contribution in [0.1, 0.15) is 26.7 Å². The van der Waals surface area contributed by atoms with Crippen molar-refractivity contribution in [3.63, 3.8) is 0 Å². The molecule has 2 heteroatoms. The van der Waals surface area contributed by atoms with Gasteiger partial charge in [-0.15, -0.1) is 0 Å². The zero-order valence-electron chi connectivity index (χ0n) is 7.71. The van der Waals surface area contributed by atoms with Crippen LogP contribution in [0.25, 0.3) is 0 Å². The first kappa shape index (κ1) is 9.01. The predicted molar refractivity (Wildman–Crippen MR) is 48.5 cm³/mol. The van der Waals surface area contributed by atoms with Gasteiger partial charge in [-0.1, -0.05) is 20.3 Å². The first-order valence-corrected chi connectivity index (χ1v) is 4.75. The van der Waals surface area contributed by atoms with Gasteiger partial charge in [0.2, 0.25) is 0 Å². The summed E-state index contributed by atoms with van der Waals surface area (Å²) in [6, 6.07) is 0.461. The molecule has 2 atom stereocenters. The van der Waals surface area contributed by atoms with Crippen molar-refractivity contribution in [2.75, 3.05) is 19.6 Å². The highest BCUT2D eigenvalue weighted by molar-refractivity contribution is 4.81. The summed E-state index contributed by atoms with van der Waals surface area (Å²) in [7, 11) is 0. The molecular weight excluding hydrogens is 136 g/mol. The van der Waals surface area contributed by atoms with E-state index < -0.39 is 0 Å². The van der Waals surface area contributed by atoms with Crippen molar-refractivity contribution in [1.29, 1.82) is 0 Å². The number of piperidine rings is 1. The standard InChI is InChI=1S/C9H20N2/c1-3-8-7-11(4-2)6-5-9(8)10/h8-9H,3-7,10H2,1-2H3. The Morgan fingerprint density at radius 1 is 1.45 bits per heavy atom. The number of rotatable bonds is 2. The molecule has 0 aromatic carbocycles. The van der Waals surface area contributed by atoms with Crippen LogP contribution in [-0.4, -0.2) is 30.6 Å². The number of likely N-dealkylation sites (tertiary alicyclic amines) is 1. The second-order valence-electron chi connectivity index (χ2n) is 3.51. The third-order valence-electron chi connectivity index (χ3n) is 2.85. The Balaban J connectivity index is 2.37. The molecule has 11 heavy (non-hydrogen) atoms. The summed E-state index contributed by atoms with van der Waals surface area (Å²) in [5.41, 5.74) is 5.98. The molecule has 0 bridgehead atoms. The molecule has 0 aliphatic carbocycles. The summed E-state index contributed by atoms with van der Waals surface area (Å²) in [6.07, 6.45) is 2.42. The molecule has 0 radical (unpaired) electrons. The van der Waals surface area contributed by atoms with Crippen LogP contribution in [0.2, 0.25) is 0 Å². The summed E-state index contributed by atoms with van der Waals surface area (Å²) in [5.74, 6) is 0.740. The van der Waals surface area contributed by atoms with Gasteiger partial charge in [0.1, 0.15) is 0 Å². The van der Waals surface area contributed by atoms with Crippen LogP contribution in [0.5, 0.6) is 0 Å². The topological polar surface area (TPSA) is 29.3 Å². The number of hydrogen-bond donors (Lipinski definition) is 1. The van der Waals surface area contributed by atoms with E-state index in [-0.39, 0.29) is 0 Å². The van der Waals surface area contributed by atoms with Crippen molar-refractivity contribution in [2.45, 2.75) is 32.7 Å². The molecule has 1 aliphatic rings. The lowest BCUT2D eigenvalue weighted by molar-refractivity contribution is 0.159. The average molecular weight is 156 g/mol. The van der Waals surface area contributed by atoms with Crippen LogP contribution in [0.3, 0.4) is 0 Å². The van der Waals surface area contributed by atoms with Gasteiger partial charge < -0.3 is 10.6 Å². The number of nitrogens with two attached hydrogens (primary N) is 1. The highest BCUT2D eigenvalue weighted by Gasteiger charge is 2.23. The quantitative estimate of drug-likeness (QED) is 0.648. The maximum Gasteiger partial charge on any atom is 0.00914 e. The van der Waals surface area contributed by atoms with Crippen molar-refractivity contribution in [2.24, 2.45) is 11.7 Å². The van der Waals surface area contributed by atoms with E-state index in [2.05, 4.69) is 18.7 Å². The van der Waals surface area contributed by atoms with Gasteiger partial charge in [0, 0.05) is 12.6 Å². The zero-order valence-corrected chi connectivity index (χ0v) is 7.71. The monoisotopic (exact) mass is 156 g/mol. The van der Waals surface area contributed by atoms with E-state index in [1.165, 1.54) is 32.5 Å². The van der Waals surface area contributed by atoms with E-state index in [4.69, 9.17) is 5.73 Å². The fourth-order valence-electron chi connectivity index (χ4n) is 1.84. The molecule has 2 N–H and O–H groups in total. The Morgan fingerprint density at radius 3 is 2.73 bits per heavy atom.